The van der Waals surface area contributed by atoms with Crippen molar-refractivity contribution in [2.24, 2.45) is 0 Å². The number of benzene rings is 3. The van der Waals surface area contributed by atoms with Crippen LogP contribution < -0.4 is 5.32 Å². The van der Waals surface area contributed by atoms with Gasteiger partial charge >= 0.3 is 0 Å². The second kappa shape index (κ2) is 9.15. The Morgan fingerprint density at radius 1 is 0.964 bits per heavy atom. The molecule has 0 unspecified atom stereocenters. The fraction of sp³-hybridized carbons (Fsp3) is 0.0909. The molecule has 0 aromatic heterocycles. The van der Waals surface area contributed by atoms with Gasteiger partial charge in [-0.2, -0.15) is 0 Å². The molecule has 3 aromatic rings. The van der Waals surface area contributed by atoms with Gasteiger partial charge in [0.1, 0.15) is 0 Å². The van der Waals surface area contributed by atoms with E-state index >= 15 is 0 Å². The van der Waals surface area contributed by atoms with Crippen LogP contribution in [0.3, 0.4) is 0 Å². The maximum atomic E-state index is 13.0. The maximum absolute atomic E-state index is 13.0. The van der Waals surface area contributed by atoms with E-state index in [2.05, 4.69) is 21.2 Å². The van der Waals surface area contributed by atoms with E-state index in [4.69, 9.17) is 16.3 Å². The second-order valence-electron chi connectivity index (χ2n) is 6.01. The number of halogens is 2. The number of hydrogen-bond acceptors (Lipinski definition) is 3. The summed E-state index contributed by atoms with van der Waals surface area (Å²) >= 11 is 9.56. The van der Waals surface area contributed by atoms with Gasteiger partial charge in [-0.3, -0.25) is 9.59 Å². The zero-order chi connectivity index (χ0) is 20.1. The van der Waals surface area contributed by atoms with Crippen LogP contribution in [0.1, 0.15) is 27.6 Å². The highest BCUT2D eigenvalue weighted by molar-refractivity contribution is 9.10. The van der Waals surface area contributed by atoms with Crippen LogP contribution in [0.15, 0.2) is 77.3 Å². The number of rotatable bonds is 6. The van der Waals surface area contributed by atoms with Crippen molar-refractivity contribution in [2.75, 3.05) is 12.4 Å². The number of carbonyl (C=O) groups is 2. The van der Waals surface area contributed by atoms with Gasteiger partial charge in [0, 0.05) is 22.7 Å². The highest BCUT2D eigenvalue weighted by atomic mass is 79.9. The van der Waals surface area contributed by atoms with E-state index in [1.54, 1.807) is 42.5 Å². The molecule has 0 saturated carbocycles. The van der Waals surface area contributed by atoms with Crippen LogP contribution in [0.25, 0.3) is 0 Å². The first-order valence-electron chi connectivity index (χ1n) is 8.48. The fourth-order valence-electron chi connectivity index (χ4n) is 2.82. The number of carbonyl (C=O) groups excluding carboxylic acids is 2. The third-order valence-electron chi connectivity index (χ3n) is 4.18. The number of anilines is 1. The van der Waals surface area contributed by atoms with E-state index in [0.717, 1.165) is 5.56 Å². The van der Waals surface area contributed by atoms with Gasteiger partial charge in [0.25, 0.3) is 5.91 Å². The predicted molar refractivity (Wildman–Crippen MR) is 114 cm³/mol. The van der Waals surface area contributed by atoms with Gasteiger partial charge < -0.3 is 10.1 Å². The van der Waals surface area contributed by atoms with Gasteiger partial charge in [-0.25, -0.2) is 0 Å². The number of nitrogens with one attached hydrogen (secondary N) is 1. The monoisotopic (exact) mass is 457 g/mol. The minimum absolute atomic E-state index is 0.282. The van der Waals surface area contributed by atoms with Gasteiger partial charge in [0.15, 0.2) is 11.9 Å². The molecule has 0 fully saturated rings. The van der Waals surface area contributed by atoms with Crippen molar-refractivity contribution in [3.63, 3.8) is 0 Å². The zero-order valence-electron chi connectivity index (χ0n) is 15.0. The topological polar surface area (TPSA) is 55.4 Å². The number of hydrogen-bond donors (Lipinski definition) is 1. The largest absolute Gasteiger partial charge is 0.367 e. The van der Waals surface area contributed by atoms with Gasteiger partial charge in [0.2, 0.25) is 0 Å². The first-order valence-corrected chi connectivity index (χ1v) is 9.65. The van der Waals surface area contributed by atoms with E-state index in [0.29, 0.717) is 26.3 Å². The third-order valence-corrected chi connectivity index (χ3v) is 5.00. The molecule has 6 heteroatoms. The standard InChI is InChI=1S/C22H17BrClNO3/c1-28-21(14-7-3-2-4-8-14)22(27)25-19-12-11-15(23)13-17(19)20(26)16-9-5-6-10-18(16)24/h2-13,21H,1H3,(H,25,27)/t21-/m1/s1. The Hall–Kier alpha value is -2.47. The van der Waals surface area contributed by atoms with Crippen molar-refractivity contribution in [3.8, 4) is 0 Å². The summed E-state index contributed by atoms with van der Waals surface area (Å²) in [4.78, 5) is 25.9. The molecule has 28 heavy (non-hydrogen) atoms. The van der Waals surface area contributed by atoms with Crippen molar-refractivity contribution >= 4 is 44.9 Å². The van der Waals surface area contributed by atoms with Gasteiger partial charge in [-0.05, 0) is 35.9 Å². The van der Waals surface area contributed by atoms with Gasteiger partial charge in [-0.1, -0.05) is 70.0 Å². The van der Waals surface area contributed by atoms with E-state index < -0.39 is 6.10 Å². The number of ether oxygens (including phenoxy) is 1. The van der Waals surface area contributed by atoms with Crippen LogP contribution in [0.2, 0.25) is 5.02 Å². The first kappa shape index (κ1) is 20.3. The summed E-state index contributed by atoms with van der Waals surface area (Å²) in [5.41, 5.74) is 1.80. The molecule has 0 aliphatic heterocycles. The number of amides is 1. The lowest BCUT2D eigenvalue weighted by Gasteiger charge is -2.17. The molecule has 0 bridgehead atoms. The summed E-state index contributed by atoms with van der Waals surface area (Å²) < 4.78 is 6.09. The summed E-state index contributed by atoms with van der Waals surface area (Å²) in [5.74, 6) is -0.653. The third kappa shape index (κ3) is 4.50. The van der Waals surface area contributed by atoms with Crippen LogP contribution in [-0.2, 0) is 9.53 Å². The highest BCUT2D eigenvalue weighted by Gasteiger charge is 2.23. The summed E-state index contributed by atoms with van der Waals surface area (Å²) in [6, 6.07) is 21.0. The second-order valence-corrected chi connectivity index (χ2v) is 7.34. The SMILES string of the molecule is CO[C@@H](C(=O)Nc1ccc(Br)cc1C(=O)c1ccccc1Cl)c1ccccc1. The van der Waals surface area contributed by atoms with Crippen molar-refractivity contribution in [3.05, 3.63) is 99.0 Å². The number of ketones is 1. The molecular weight excluding hydrogens is 442 g/mol. The van der Waals surface area contributed by atoms with Crippen LogP contribution in [0.4, 0.5) is 5.69 Å². The summed E-state index contributed by atoms with van der Waals surface area (Å²) in [6.07, 6.45) is -0.798. The molecule has 0 heterocycles. The molecule has 0 aliphatic rings. The quantitative estimate of drug-likeness (QED) is 0.485. The van der Waals surface area contributed by atoms with Crippen LogP contribution in [-0.4, -0.2) is 18.8 Å². The van der Waals surface area contributed by atoms with Crippen molar-refractivity contribution in [1.82, 2.24) is 0 Å². The molecule has 1 atom stereocenters. The van der Waals surface area contributed by atoms with Gasteiger partial charge in [-0.15, -0.1) is 0 Å². The van der Waals surface area contributed by atoms with E-state index in [1.807, 2.05) is 30.3 Å². The molecule has 3 aromatic carbocycles. The molecule has 0 aliphatic carbocycles. The normalized spacial score (nSPS) is 11.7. The first-order chi connectivity index (χ1) is 13.5. The Kier molecular flexibility index (Phi) is 6.62. The average Bonchev–Trinajstić information content (AvgIpc) is 2.70. The highest BCUT2D eigenvalue weighted by Crippen LogP contribution is 2.28. The Bertz CT molecular complexity index is 1010. The lowest BCUT2D eigenvalue weighted by atomic mass is 10.0. The van der Waals surface area contributed by atoms with E-state index in [-0.39, 0.29) is 11.7 Å². The van der Waals surface area contributed by atoms with Crippen LogP contribution >= 0.6 is 27.5 Å². The Morgan fingerprint density at radius 2 is 1.64 bits per heavy atom. The smallest absolute Gasteiger partial charge is 0.258 e. The zero-order valence-corrected chi connectivity index (χ0v) is 17.3. The Labute approximate surface area is 176 Å². The Balaban J connectivity index is 1.94. The average molecular weight is 459 g/mol. The van der Waals surface area contributed by atoms with Crippen molar-refractivity contribution in [2.45, 2.75) is 6.10 Å². The van der Waals surface area contributed by atoms with Gasteiger partial charge in [0.05, 0.1) is 10.7 Å². The molecule has 0 spiro atoms. The molecule has 142 valence electrons. The van der Waals surface area contributed by atoms with E-state index in [1.165, 1.54) is 7.11 Å². The lowest BCUT2D eigenvalue weighted by molar-refractivity contribution is -0.126. The molecule has 1 N–H and O–H groups in total. The molecule has 3 rings (SSSR count). The molecule has 1 amide bonds. The summed E-state index contributed by atoms with van der Waals surface area (Å²) in [6.45, 7) is 0. The molecular formula is C22H17BrClNO3. The van der Waals surface area contributed by atoms with E-state index in [9.17, 15) is 9.59 Å². The van der Waals surface area contributed by atoms with Crippen LogP contribution in [0, 0.1) is 0 Å². The molecule has 0 saturated heterocycles. The predicted octanol–water partition coefficient (Wildman–Crippen LogP) is 5.66. The lowest BCUT2D eigenvalue weighted by Crippen LogP contribution is -2.23. The molecule has 0 radical (unpaired) electrons. The minimum Gasteiger partial charge on any atom is -0.367 e. The van der Waals surface area contributed by atoms with Crippen molar-refractivity contribution < 1.29 is 14.3 Å². The molecule has 4 nitrogen and oxygen atoms in total. The summed E-state index contributed by atoms with van der Waals surface area (Å²) in [7, 11) is 1.47. The maximum Gasteiger partial charge on any atom is 0.258 e. The Morgan fingerprint density at radius 3 is 2.32 bits per heavy atom. The van der Waals surface area contributed by atoms with Crippen LogP contribution in [0.5, 0.6) is 0 Å². The fourth-order valence-corrected chi connectivity index (χ4v) is 3.41. The summed E-state index contributed by atoms with van der Waals surface area (Å²) in [5, 5.41) is 3.16. The number of methoxy groups -OCH3 is 1. The van der Waals surface area contributed by atoms with Crippen molar-refractivity contribution in [1.29, 1.82) is 0 Å². The minimum atomic E-state index is -0.798.